The Hall–Kier alpha value is -1.31. The molecule has 1 rings (SSSR count). The minimum atomic E-state index is 0.144. The molecule has 0 aliphatic heterocycles. The van der Waals surface area contributed by atoms with E-state index in [-0.39, 0.29) is 5.78 Å². The fourth-order valence-electron chi connectivity index (χ4n) is 0.974. The summed E-state index contributed by atoms with van der Waals surface area (Å²) in [6.45, 7) is 3.59. The molecule has 0 aromatic carbocycles. The van der Waals surface area contributed by atoms with E-state index in [0.29, 0.717) is 12.0 Å². The zero-order valence-corrected chi connectivity index (χ0v) is 6.95. The van der Waals surface area contributed by atoms with Gasteiger partial charge in [0.05, 0.1) is 11.8 Å². The molecule has 2 heteroatoms. The lowest BCUT2D eigenvalue weighted by Crippen LogP contribution is -1.95. The van der Waals surface area contributed by atoms with Gasteiger partial charge in [-0.1, -0.05) is 6.08 Å². The molecule has 0 aliphatic carbocycles. The number of allylic oxidation sites excluding steroid dienone is 1. The summed E-state index contributed by atoms with van der Waals surface area (Å²) in [4.78, 5) is 11.3. The van der Waals surface area contributed by atoms with Crippen LogP contribution in [0.3, 0.4) is 0 Å². The van der Waals surface area contributed by atoms with Crippen molar-refractivity contribution >= 4 is 5.78 Å². The summed E-state index contributed by atoms with van der Waals surface area (Å²) in [6, 6.07) is 1.69. The molecule has 12 heavy (non-hydrogen) atoms. The summed E-state index contributed by atoms with van der Waals surface area (Å²) in [5.74, 6) is 0.144. The highest BCUT2D eigenvalue weighted by molar-refractivity contribution is 5.95. The normalized spacial score (nSPS) is 9.67. The standard InChI is InChI=1S/C10H12O2/c1-2-3-4-5-10(11)9-6-7-12-8-9/h2,6-8H,1,3-5H2. The maximum absolute atomic E-state index is 11.3. The van der Waals surface area contributed by atoms with Crippen LogP contribution in [-0.4, -0.2) is 5.78 Å². The zero-order valence-electron chi connectivity index (χ0n) is 6.95. The number of ketones is 1. The van der Waals surface area contributed by atoms with E-state index in [4.69, 9.17) is 4.42 Å². The molecule has 0 N–H and O–H groups in total. The van der Waals surface area contributed by atoms with E-state index in [9.17, 15) is 4.79 Å². The quantitative estimate of drug-likeness (QED) is 0.380. The number of Topliss-reactive ketones (excluding diaryl/α,β-unsaturated/α-hetero) is 1. The van der Waals surface area contributed by atoms with Crippen LogP contribution in [0.5, 0.6) is 0 Å². The molecule has 1 aromatic heterocycles. The van der Waals surface area contributed by atoms with E-state index in [0.717, 1.165) is 12.8 Å². The smallest absolute Gasteiger partial charge is 0.166 e. The Bertz CT molecular complexity index is 247. The Labute approximate surface area is 71.9 Å². The van der Waals surface area contributed by atoms with Crippen LogP contribution < -0.4 is 0 Å². The number of hydrogen-bond acceptors (Lipinski definition) is 2. The Morgan fingerprint density at radius 1 is 1.67 bits per heavy atom. The number of unbranched alkanes of at least 4 members (excludes halogenated alkanes) is 1. The second-order valence-corrected chi connectivity index (χ2v) is 2.62. The molecular weight excluding hydrogens is 152 g/mol. The first-order valence-electron chi connectivity index (χ1n) is 4.01. The topological polar surface area (TPSA) is 30.2 Å². The molecule has 0 aliphatic rings. The van der Waals surface area contributed by atoms with Crippen molar-refractivity contribution in [3.63, 3.8) is 0 Å². The molecule has 0 spiro atoms. The molecule has 0 fully saturated rings. The van der Waals surface area contributed by atoms with Crippen molar-refractivity contribution in [2.75, 3.05) is 0 Å². The third kappa shape index (κ3) is 2.38. The summed E-state index contributed by atoms with van der Waals surface area (Å²) >= 11 is 0. The lowest BCUT2D eigenvalue weighted by Gasteiger charge is -1.93. The largest absolute Gasteiger partial charge is 0.472 e. The van der Waals surface area contributed by atoms with E-state index in [1.54, 1.807) is 6.07 Å². The van der Waals surface area contributed by atoms with Crippen molar-refractivity contribution in [2.24, 2.45) is 0 Å². The molecule has 0 saturated heterocycles. The number of rotatable bonds is 5. The molecule has 0 amide bonds. The van der Waals surface area contributed by atoms with E-state index in [1.807, 2.05) is 6.08 Å². The molecule has 0 unspecified atom stereocenters. The van der Waals surface area contributed by atoms with Gasteiger partial charge in [0.15, 0.2) is 5.78 Å². The van der Waals surface area contributed by atoms with Crippen LogP contribution in [0.2, 0.25) is 0 Å². The summed E-state index contributed by atoms with van der Waals surface area (Å²) in [5, 5.41) is 0. The number of carbonyl (C=O) groups is 1. The van der Waals surface area contributed by atoms with Crippen LogP contribution in [0.15, 0.2) is 35.7 Å². The fourth-order valence-corrected chi connectivity index (χ4v) is 0.974. The van der Waals surface area contributed by atoms with Crippen molar-refractivity contribution in [3.8, 4) is 0 Å². The van der Waals surface area contributed by atoms with Crippen LogP contribution in [0, 0.1) is 0 Å². The minimum absolute atomic E-state index is 0.144. The van der Waals surface area contributed by atoms with Crippen LogP contribution in [0.4, 0.5) is 0 Å². The lowest BCUT2D eigenvalue weighted by molar-refractivity contribution is 0.0980. The van der Waals surface area contributed by atoms with E-state index >= 15 is 0 Å². The van der Waals surface area contributed by atoms with Gasteiger partial charge < -0.3 is 4.42 Å². The van der Waals surface area contributed by atoms with Crippen LogP contribution in [0.25, 0.3) is 0 Å². The summed E-state index contributed by atoms with van der Waals surface area (Å²) < 4.78 is 4.80. The average Bonchev–Trinajstić information content (AvgIpc) is 2.56. The maximum atomic E-state index is 11.3. The Morgan fingerprint density at radius 3 is 3.08 bits per heavy atom. The Morgan fingerprint density at radius 2 is 2.50 bits per heavy atom. The molecule has 1 heterocycles. The van der Waals surface area contributed by atoms with Gasteiger partial charge in [-0.3, -0.25) is 4.79 Å². The number of carbonyl (C=O) groups excluding carboxylic acids is 1. The van der Waals surface area contributed by atoms with E-state index in [1.165, 1.54) is 12.5 Å². The minimum Gasteiger partial charge on any atom is -0.472 e. The van der Waals surface area contributed by atoms with E-state index in [2.05, 4.69) is 6.58 Å². The van der Waals surface area contributed by atoms with Gasteiger partial charge >= 0.3 is 0 Å². The highest BCUT2D eigenvalue weighted by Crippen LogP contribution is 2.07. The van der Waals surface area contributed by atoms with Crippen LogP contribution in [0.1, 0.15) is 29.6 Å². The zero-order chi connectivity index (χ0) is 8.81. The molecule has 0 radical (unpaired) electrons. The van der Waals surface area contributed by atoms with Gasteiger partial charge in [0.1, 0.15) is 6.26 Å². The van der Waals surface area contributed by atoms with Crippen molar-refractivity contribution < 1.29 is 9.21 Å². The molecular formula is C10H12O2. The predicted molar refractivity (Wildman–Crippen MR) is 47.1 cm³/mol. The highest BCUT2D eigenvalue weighted by Gasteiger charge is 2.04. The third-order valence-electron chi connectivity index (χ3n) is 1.66. The van der Waals surface area contributed by atoms with Crippen LogP contribution >= 0.6 is 0 Å². The Balaban J connectivity index is 2.34. The first-order valence-corrected chi connectivity index (χ1v) is 4.01. The number of furan rings is 1. The monoisotopic (exact) mass is 164 g/mol. The van der Waals surface area contributed by atoms with Gasteiger partial charge in [-0.15, -0.1) is 6.58 Å². The van der Waals surface area contributed by atoms with Crippen molar-refractivity contribution in [1.29, 1.82) is 0 Å². The Kier molecular flexibility index (Phi) is 3.33. The lowest BCUT2D eigenvalue weighted by atomic mass is 10.1. The SMILES string of the molecule is C=CCCCC(=O)c1ccoc1. The first kappa shape index (κ1) is 8.78. The highest BCUT2D eigenvalue weighted by atomic mass is 16.3. The summed E-state index contributed by atoms with van der Waals surface area (Å²) in [6.07, 6.45) is 7.16. The maximum Gasteiger partial charge on any atom is 0.166 e. The fraction of sp³-hybridized carbons (Fsp3) is 0.300. The van der Waals surface area contributed by atoms with Crippen molar-refractivity contribution in [2.45, 2.75) is 19.3 Å². The summed E-state index contributed by atoms with van der Waals surface area (Å²) in [5.41, 5.74) is 0.666. The summed E-state index contributed by atoms with van der Waals surface area (Å²) in [7, 11) is 0. The van der Waals surface area contributed by atoms with Gasteiger partial charge in [-0.2, -0.15) is 0 Å². The van der Waals surface area contributed by atoms with E-state index < -0.39 is 0 Å². The predicted octanol–water partition coefficient (Wildman–Crippen LogP) is 2.82. The second-order valence-electron chi connectivity index (χ2n) is 2.62. The first-order chi connectivity index (χ1) is 5.84. The molecule has 1 aromatic rings. The molecule has 0 atom stereocenters. The number of hydrogen-bond donors (Lipinski definition) is 0. The van der Waals surface area contributed by atoms with Gasteiger partial charge in [0.25, 0.3) is 0 Å². The van der Waals surface area contributed by atoms with Gasteiger partial charge in [0.2, 0.25) is 0 Å². The van der Waals surface area contributed by atoms with Gasteiger partial charge in [-0.05, 0) is 18.9 Å². The van der Waals surface area contributed by atoms with Crippen molar-refractivity contribution in [1.82, 2.24) is 0 Å². The molecule has 0 bridgehead atoms. The third-order valence-corrected chi connectivity index (χ3v) is 1.66. The second kappa shape index (κ2) is 4.54. The molecule has 64 valence electrons. The van der Waals surface area contributed by atoms with Gasteiger partial charge in [-0.25, -0.2) is 0 Å². The molecule has 0 saturated carbocycles. The average molecular weight is 164 g/mol. The van der Waals surface area contributed by atoms with Crippen LogP contribution in [-0.2, 0) is 0 Å². The molecule has 2 nitrogen and oxygen atoms in total. The van der Waals surface area contributed by atoms with Gasteiger partial charge in [0, 0.05) is 6.42 Å². The van der Waals surface area contributed by atoms with Crippen molar-refractivity contribution in [3.05, 3.63) is 36.8 Å².